The number of anilines is 1. The Hall–Kier alpha value is -1.55. The molecule has 0 saturated carbocycles. The van der Waals surface area contributed by atoms with E-state index in [9.17, 15) is 4.79 Å². The van der Waals surface area contributed by atoms with Crippen molar-refractivity contribution in [3.8, 4) is 0 Å². The van der Waals surface area contributed by atoms with Crippen LogP contribution in [0.5, 0.6) is 0 Å². The van der Waals surface area contributed by atoms with Gasteiger partial charge in [-0.2, -0.15) is 0 Å². The number of aliphatic imine (C=N–C) groups is 1. The first-order chi connectivity index (χ1) is 14.9. The van der Waals surface area contributed by atoms with Crippen molar-refractivity contribution in [2.24, 2.45) is 10.9 Å². The van der Waals surface area contributed by atoms with Gasteiger partial charge in [0.25, 0.3) is 0 Å². The van der Waals surface area contributed by atoms with Crippen molar-refractivity contribution >= 4 is 41.5 Å². The number of carbonyl (C=O) groups is 1. The van der Waals surface area contributed by atoms with E-state index in [1.54, 1.807) is 0 Å². The van der Waals surface area contributed by atoms with Crippen LogP contribution in [0.2, 0.25) is 0 Å². The molecule has 180 valence electrons. The molecular weight excluding hydrogens is 515 g/mol. The van der Waals surface area contributed by atoms with Gasteiger partial charge in [-0.3, -0.25) is 14.7 Å². The Morgan fingerprint density at radius 3 is 2.53 bits per heavy atom. The molecule has 0 radical (unpaired) electrons. The molecule has 8 heteroatoms. The summed E-state index contributed by atoms with van der Waals surface area (Å²) in [4.78, 5) is 23.5. The Bertz CT molecular complexity index is 776. The molecule has 0 spiro atoms. The van der Waals surface area contributed by atoms with E-state index in [-0.39, 0.29) is 41.8 Å². The fourth-order valence-corrected chi connectivity index (χ4v) is 4.45. The van der Waals surface area contributed by atoms with E-state index >= 15 is 0 Å². The SMILES string of the molecule is CN=C(NCCN1CCN(c2cccc(C)c2C)CC1)NC1CCN(C(=O)C(C)C)C1.I. The van der Waals surface area contributed by atoms with E-state index in [0.717, 1.165) is 64.7 Å². The molecule has 2 aliphatic rings. The van der Waals surface area contributed by atoms with Crippen LogP contribution in [0.4, 0.5) is 5.69 Å². The molecule has 1 unspecified atom stereocenters. The maximum atomic E-state index is 12.2. The molecule has 1 aromatic rings. The number of benzene rings is 1. The maximum absolute atomic E-state index is 12.2. The van der Waals surface area contributed by atoms with Gasteiger partial charge in [-0.05, 0) is 37.5 Å². The number of amides is 1. The first-order valence-corrected chi connectivity index (χ1v) is 11.7. The molecule has 1 amide bonds. The fraction of sp³-hybridized carbons (Fsp3) is 0.667. The molecule has 1 atom stereocenters. The summed E-state index contributed by atoms with van der Waals surface area (Å²) < 4.78 is 0. The number of halogens is 1. The Labute approximate surface area is 211 Å². The number of piperazine rings is 1. The topological polar surface area (TPSA) is 63.2 Å². The third-order valence-electron chi connectivity index (χ3n) is 6.57. The summed E-state index contributed by atoms with van der Waals surface area (Å²) in [5, 5.41) is 6.94. The molecular formula is C24H41IN6O. The summed E-state index contributed by atoms with van der Waals surface area (Å²) in [5.74, 6) is 1.14. The summed E-state index contributed by atoms with van der Waals surface area (Å²) in [6, 6.07) is 6.87. The van der Waals surface area contributed by atoms with E-state index in [1.807, 2.05) is 25.8 Å². The molecule has 0 aromatic heterocycles. The number of carbonyl (C=O) groups excluding carboxylic acids is 1. The molecule has 2 saturated heterocycles. The highest BCUT2D eigenvalue weighted by Gasteiger charge is 2.28. The zero-order valence-electron chi connectivity index (χ0n) is 20.4. The highest BCUT2D eigenvalue weighted by Crippen LogP contribution is 2.23. The van der Waals surface area contributed by atoms with Gasteiger partial charge in [-0.1, -0.05) is 26.0 Å². The van der Waals surface area contributed by atoms with Crippen LogP contribution in [0.25, 0.3) is 0 Å². The lowest BCUT2D eigenvalue weighted by atomic mass is 10.1. The quantitative estimate of drug-likeness (QED) is 0.321. The molecule has 32 heavy (non-hydrogen) atoms. The van der Waals surface area contributed by atoms with Gasteiger partial charge in [0.05, 0.1) is 0 Å². The normalized spacial score (nSPS) is 19.8. The number of nitrogens with one attached hydrogen (secondary N) is 2. The summed E-state index contributed by atoms with van der Waals surface area (Å²) >= 11 is 0. The minimum absolute atomic E-state index is 0. The van der Waals surface area contributed by atoms with E-state index in [2.05, 4.69) is 57.5 Å². The number of nitrogens with zero attached hydrogens (tertiary/aromatic N) is 4. The minimum atomic E-state index is 0. The van der Waals surface area contributed by atoms with Crippen LogP contribution in [0, 0.1) is 19.8 Å². The second kappa shape index (κ2) is 12.6. The first-order valence-electron chi connectivity index (χ1n) is 11.7. The van der Waals surface area contributed by atoms with Crippen molar-refractivity contribution < 1.29 is 4.79 Å². The van der Waals surface area contributed by atoms with E-state index in [1.165, 1.54) is 16.8 Å². The fourth-order valence-electron chi connectivity index (χ4n) is 4.45. The Kier molecular flexibility index (Phi) is 10.5. The Morgan fingerprint density at radius 1 is 1.16 bits per heavy atom. The third kappa shape index (κ3) is 6.97. The van der Waals surface area contributed by atoms with Crippen LogP contribution in [-0.4, -0.2) is 87.1 Å². The minimum Gasteiger partial charge on any atom is -0.369 e. The monoisotopic (exact) mass is 556 g/mol. The molecule has 2 heterocycles. The number of rotatable bonds is 6. The van der Waals surface area contributed by atoms with Crippen molar-refractivity contribution in [3.05, 3.63) is 29.3 Å². The number of hydrogen-bond acceptors (Lipinski definition) is 4. The van der Waals surface area contributed by atoms with Crippen molar-refractivity contribution in [2.45, 2.75) is 40.2 Å². The Morgan fingerprint density at radius 2 is 1.88 bits per heavy atom. The summed E-state index contributed by atoms with van der Waals surface area (Å²) in [6.07, 6.45) is 0.972. The molecule has 2 fully saturated rings. The van der Waals surface area contributed by atoms with Crippen LogP contribution < -0.4 is 15.5 Å². The molecule has 0 aliphatic carbocycles. The summed E-state index contributed by atoms with van der Waals surface area (Å²) in [6.45, 7) is 16.1. The van der Waals surface area contributed by atoms with Gasteiger partial charge in [0.15, 0.2) is 5.96 Å². The van der Waals surface area contributed by atoms with Crippen molar-refractivity contribution in [2.75, 3.05) is 64.3 Å². The molecule has 1 aromatic carbocycles. The Balaban J connectivity index is 0.00000363. The van der Waals surface area contributed by atoms with Gasteiger partial charge in [0.2, 0.25) is 5.91 Å². The highest BCUT2D eigenvalue weighted by molar-refractivity contribution is 14.0. The third-order valence-corrected chi connectivity index (χ3v) is 6.57. The molecule has 2 aliphatic heterocycles. The van der Waals surface area contributed by atoms with E-state index in [0.29, 0.717) is 0 Å². The van der Waals surface area contributed by atoms with Gasteiger partial charge in [-0.25, -0.2) is 0 Å². The predicted molar refractivity (Wildman–Crippen MR) is 144 cm³/mol. The van der Waals surface area contributed by atoms with Gasteiger partial charge < -0.3 is 20.4 Å². The first kappa shape index (κ1) is 26.7. The standard InChI is InChI=1S/C24H40N6O.HI/c1-18(2)23(31)30-11-9-21(17-30)27-24(25-5)26-10-12-28-13-15-29(16-14-28)22-8-6-7-19(3)20(22)4;/h6-8,18,21H,9-17H2,1-5H3,(H2,25,26,27);1H. The van der Waals surface area contributed by atoms with Crippen molar-refractivity contribution in [3.63, 3.8) is 0 Å². The van der Waals surface area contributed by atoms with Gasteiger partial charge in [0, 0.05) is 77.1 Å². The molecule has 0 bridgehead atoms. The average molecular weight is 557 g/mol. The van der Waals surface area contributed by atoms with Crippen LogP contribution in [0.15, 0.2) is 23.2 Å². The summed E-state index contributed by atoms with van der Waals surface area (Å²) in [5.41, 5.74) is 4.14. The number of guanidine groups is 1. The smallest absolute Gasteiger partial charge is 0.225 e. The van der Waals surface area contributed by atoms with Crippen molar-refractivity contribution in [1.82, 2.24) is 20.4 Å². The second-order valence-electron chi connectivity index (χ2n) is 9.12. The van der Waals surface area contributed by atoms with Crippen LogP contribution in [-0.2, 0) is 4.79 Å². The highest BCUT2D eigenvalue weighted by atomic mass is 127. The van der Waals surface area contributed by atoms with Gasteiger partial charge >= 0.3 is 0 Å². The van der Waals surface area contributed by atoms with E-state index in [4.69, 9.17) is 0 Å². The number of aryl methyl sites for hydroxylation is 1. The van der Waals surface area contributed by atoms with E-state index < -0.39 is 0 Å². The summed E-state index contributed by atoms with van der Waals surface area (Å²) in [7, 11) is 1.81. The largest absolute Gasteiger partial charge is 0.369 e. The van der Waals surface area contributed by atoms with Crippen LogP contribution in [0.3, 0.4) is 0 Å². The van der Waals surface area contributed by atoms with Gasteiger partial charge in [0.1, 0.15) is 0 Å². The molecule has 3 rings (SSSR count). The lowest BCUT2D eigenvalue weighted by molar-refractivity contribution is -0.133. The lowest BCUT2D eigenvalue weighted by Gasteiger charge is -2.37. The second-order valence-corrected chi connectivity index (χ2v) is 9.12. The lowest BCUT2D eigenvalue weighted by Crippen LogP contribution is -2.50. The number of likely N-dealkylation sites (tertiary alicyclic amines) is 1. The average Bonchev–Trinajstić information content (AvgIpc) is 3.23. The molecule has 2 N–H and O–H groups in total. The zero-order valence-corrected chi connectivity index (χ0v) is 22.7. The van der Waals surface area contributed by atoms with Crippen LogP contribution >= 0.6 is 24.0 Å². The molecule has 7 nitrogen and oxygen atoms in total. The predicted octanol–water partition coefficient (Wildman–Crippen LogP) is 2.47. The van der Waals surface area contributed by atoms with Gasteiger partial charge in [-0.15, -0.1) is 24.0 Å². The van der Waals surface area contributed by atoms with Crippen LogP contribution in [0.1, 0.15) is 31.4 Å². The zero-order chi connectivity index (χ0) is 22.4. The number of hydrogen-bond donors (Lipinski definition) is 2. The van der Waals surface area contributed by atoms with Crippen molar-refractivity contribution in [1.29, 1.82) is 0 Å². The maximum Gasteiger partial charge on any atom is 0.225 e.